The molecular formula is C24H23NO9P2S. The molecule has 10 nitrogen and oxygen atoms in total. The Balaban J connectivity index is 1.57. The number of hydrogen-bond donors (Lipinski definition) is 6. The highest BCUT2D eigenvalue weighted by molar-refractivity contribution is 7.92. The summed E-state index contributed by atoms with van der Waals surface area (Å²) >= 11 is 0. The Bertz CT molecular complexity index is 1640. The monoisotopic (exact) mass is 563 g/mol. The maximum absolute atomic E-state index is 13.0. The molecule has 0 bridgehead atoms. The van der Waals surface area contributed by atoms with Crippen LogP contribution in [-0.4, -0.2) is 38.2 Å². The van der Waals surface area contributed by atoms with Gasteiger partial charge in [-0.25, -0.2) is 8.42 Å². The number of anilines is 1. The number of aliphatic hydroxyl groups is 1. The molecular weight excluding hydrogens is 540 g/mol. The van der Waals surface area contributed by atoms with Crippen LogP contribution in [0.15, 0.2) is 95.9 Å². The molecule has 6 N–H and O–H groups in total. The molecule has 0 aliphatic carbocycles. The molecule has 0 saturated carbocycles. The van der Waals surface area contributed by atoms with E-state index in [1.165, 1.54) is 30.3 Å². The zero-order valence-electron chi connectivity index (χ0n) is 19.0. The fraction of sp³-hybridized carbons (Fsp3) is 0.0833. The Kier molecular flexibility index (Phi) is 7.20. The molecule has 4 aromatic rings. The molecule has 37 heavy (non-hydrogen) atoms. The lowest BCUT2D eigenvalue weighted by molar-refractivity contribution is 0.131. The summed E-state index contributed by atoms with van der Waals surface area (Å²) in [4.78, 5) is 37.4. The smallest absolute Gasteiger partial charge is 0.367 e. The number of fused-ring (bicyclic) bond motifs is 1. The van der Waals surface area contributed by atoms with Crippen LogP contribution in [0.4, 0.5) is 5.69 Å². The van der Waals surface area contributed by atoms with Gasteiger partial charge in [0, 0.05) is 12.1 Å². The van der Waals surface area contributed by atoms with E-state index in [2.05, 4.69) is 4.72 Å². The predicted molar refractivity (Wildman–Crippen MR) is 139 cm³/mol. The summed E-state index contributed by atoms with van der Waals surface area (Å²) in [6.07, 6.45) is -0.979. The van der Waals surface area contributed by atoms with Crippen LogP contribution >= 0.6 is 15.2 Å². The molecule has 0 unspecified atom stereocenters. The standard InChI is InChI=1S/C24H23NO9P2S/c26-24(35(27,28)29,36(30,31)32)16-17-8-10-19(11-9-17)20-6-3-7-22(14-20)25-37(33,34)23-13-12-18-4-1-2-5-21(18)15-23/h1-15,25-26H,16H2,(H2,27,28,29)(H2,30,31,32). The van der Waals surface area contributed by atoms with Gasteiger partial charge in [0.15, 0.2) is 0 Å². The second-order valence-electron chi connectivity index (χ2n) is 8.43. The minimum atomic E-state index is -5.58. The molecule has 0 aromatic heterocycles. The fourth-order valence-corrected chi connectivity index (χ4v) is 6.99. The molecule has 4 rings (SSSR count). The largest absolute Gasteiger partial charge is 0.369 e. The quantitative estimate of drug-likeness (QED) is 0.174. The third kappa shape index (κ3) is 5.70. The highest BCUT2D eigenvalue weighted by Crippen LogP contribution is 2.68. The first kappa shape index (κ1) is 27.2. The van der Waals surface area contributed by atoms with E-state index in [1.54, 1.807) is 36.4 Å². The van der Waals surface area contributed by atoms with Gasteiger partial charge in [-0.1, -0.05) is 66.7 Å². The van der Waals surface area contributed by atoms with Gasteiger partial charge in [-0.3, -0.25) is 13.9 Å². The molecule has 194 valence electrons. The van der Waals surface area contributed by atoms with Crippen LogP contribution in [0.1, 0.15) is 5.56 Å². The predicted octanol–water partition coefficient (Wildman–Crippen LogP) is 3.85. The van der Waals surface area contributed by atoms with Crippen molar-refractivity contribution in [3.05, 3.63) is 96.6 Å². The van der Waals surface area contributed by atoms with Crippen molar-refractivity contribution in [2.75, 3.05) is 4.72 Å². The molecule has 4 aromatic carbocycles. The number of sulfonamides is 1. The Hall–Kier alpha value is -2.85. The molecule has 13 heteroatoms. The molecule has 0 amide bonds. The Morgan fingerprint density at radius 3 is 1.95 bits per heavy atom. The Morgan fingerprint density at radius 1 is 0.703 bits per heavy atom. The Morgan fingerprint density at radius 2 is 1.32 bits per heavy atom. The SMILES string of the molecule is O=P(O)(O)C(O)(Cc1ccc(-c2cccc(NS(=O)(=O)c3ccc4ccccc4c3)c2)cc1)P(=O)(O)O. The van der Waals surface area contributed by atoms with Gasteiger partial charge in [0.25, 0.3) is 15.1 Å². The fourth-order valence-electron chi connectivity index (χ4n) is 3.78. The van der Waals surface area contributed by atoms with Gasteiger partial charge in [0.05, 0.1) is 4.90 Å². The van der Waals surface area contributed by atoms with Crippen LogP contribution in [0.25, 0.3) is 21.9 Å². The van der Waals surface area contributed by atoms with Gasteiger partial charge in [0.1, 0.15) is 0 Å². The maximum atomic E-state index is 13.0. The lowest BCUT2D eigenvalue weighted by atomic mass is 10.0. The van der Waals surface area contributed by atoms with Gasteiger partial charge in [-0.15, -0.1) is 0 Å². The minimum absolute atomic E-state index is 0.0751. The summed E-state index contributed by atoms with van der Waals surface area (Å²) < 4.78 is 51.7. The van der Waals surface area contributed by atoms with Gasteiger partial charge >= 0.3 is 15.2 Å². The lowest BCUT2D eigenvalue weighted by Crippen LogP contribution is -2.31. The average Bonchev–Trinajstić information content (AvgIpc) is 2.82. The molecule has 0 fully saturated rings. The summed E-state index contributed by atoms with van der Waals surface area (Å²) in [5.41, 5.74) is 1.56. The number of hydrogen-bond acceptors (Lipinski definition) is 5. The van der Waals surface area contributed by atoms with Crippen LogP contribution in [0.3, 0.4) is 0 Å². The Labute approximate surface area is 212 Å². The van der Waals surface area contributed by atoms with E-state index < -0.39 is 36.7 Å². The van der Waals surface area contributed by atoms with E-state index in [4.69, 9.17) is 0 Å². The first-order valence-electron chi connectivity index (χ1n) is 10.7. The van der Waals surface area contributed by atoms with Crippen molar-refractivity contribution in [1.82, 2.24) is 0 Å². The summed E-state index contributed by atoms with van der Waals surface area (Å²) in [5, 5.41) is 8.27. The minimum Gasteiger partial charge on any atom is -0.367 e. The number of benzene rings is 4. The van der Waals surface area contributed by atoms with Crippen molar-refractivity contribution in [3.63, 3.8) is 0 Å². The first-order valence-corrected chi connectivity index (χ1v) is 15.5. The normalized spacial score (nSPS) is 13.0. The van der Waals surface area contributed by atoms with E-state index >= 15 is 0 Å². The molecule has 0 radical (unpaired) electrons. The van der Waals surface area contributed by atoms with Crippen molar-refractivity contribution in [1.29, 1.82) is 0 Å². The van der Waals surface area contributed by atoms with Crippen LogP contribution in [0.2, 0.25) is 0 Å². The summed E-state index contributed by atoms with van der Waals surface area (Å²) in [6, 6.07) is 24.5. The van der Waals surface area contributed by atoms with E-state index in [1.807, 2.05) is 24.3 Å². The van der Waals surface area contributed by atoms with Crippen molar-refractivity contribution in [2.45, 2.75) is 16.4 Å². The lowest BCUT2D eigenvalue weighted by Gasteiger charge is -2.29. The van der Waals surface area contributed by atoms with Gasteiger partial charge in [-0.05, 0) is 51.7 Å². The highest BCUT2D eigenvalue weighted by atomic mass is 32.2. The third-order valence-electron chi connectivity index (χ3n) is 5.81. The van der Waals surface area contributed by atoms with E-state index in [0.29, 0.717) is 16.8 Å². The second kappa shape index (κ2) is 9.79. The van der Waals surface area contributed by atoms with Gasteiger partial charge in [-0.2, -0.15) is 0 Å². The van der Waals surface area contributed by atoms with Gasteiger partial charge in [0.2, 0.25) is 0 Å². The van der Waals surface area contributed by atoms with Crippen molar-refractivity contribution < 1.29 is 42.2 Å². The van der Waals surface area contributed by atoms with Crippen LogP contribution < -0.4 is 4.72 Å². The van der Waals surface area contributed by atoms with Gasteiger partial charge < -0.3 is 24.7 Å². The first-order chi connectivity index (χ1) is 17.2. The summed E-state index contributed by atoms with van der Waals surface area (Å²) in [7, 11) is -15.1. The molecule has 0 spiro atoms. The topological polar surface area (TPSA) is 181 Å². The number of rotatable bonds is 8. The molecule has 0 atom stereocenters. The summed E-state index contributed by atoms with van der Waals surface area (Å²) in [5.74, 6) is 0. The average molecular weight is 563 g/mol. The van der Waals surface area contributed by atoms with E-state index in [0.717, 1.165) is 10.8 Å². The third-order valence-corrected chi connectivity index (χ3v) is 10.9. The second-order valence-corrected chi connectivity index (χ2v) is 14.1. The van der Waals surface area contributed by atoms with Crippen molar-refractivity contribution in [2.24, 2.45) is 0 Å². The van der Waals surface area contributed by atoms with E-state index in [9.17, 15) is 42.2 Å². The van der Waals surface area contributed by atoms with Crippen LogP contribution in [-0.2, 0) is 25.6 Å². The van der Waals surface area contributed by atoms with Crippen LogP contribution in [0, 0.1) is 0 Å². The number of nitrogens with one attached hydrogen (secondary N) is 1. The zero-order valence-corrected chi connectivity index (χ0v) is 21.6. The van der Waals surface area contributed by atoms with Crippen LogP contribution in [0.5, 0.6) is 0 Å². The molecule has 0 saturated heterocycles. The zero-order chi connectivity index (χ0) is 27.1. The summed E-state index contributed by atoms with van der Waals surface area (Å²) in [6.45, 7) is 0. The van der Waals surface area contributed by atoms with Crippen molar-refractivity contribution in [3.8, 4) is 11.1 Å². The van der Waals surface area contributed by atoms with E-state index in [-0.39, 0.29) is 10.5 Å². The molecule has 0 aliphatic rings. The van der Waals surface area contributed by atoms with Crippen molar-refractivity contribution >= 4 is 41.7 Å². The molecule has 0 aliphatic heterocycles. The maximum Gasteiger partial charge on any atom is 0.369 e. The molecule has 0 heterocycles. The highest BCUT2D eigenvalue weighted by Gasteiger charge is 2.59.